The topological polar surface area (TPSA) is 243 Å². The number of primary amides is 2. The molecule has 5 amide bonds. The quantitative estimate of drug-likeness (QED) is 0.0920. The van der Waals surface area contributed by atoms with Crippen molar-refractivity contribution in [2.24, 2.45) is 22.9 Å². The van der Waals surface area contributed by atoms with E-state index in [2.05, 4.69) is 16.0 Å². The number of carbonyl (C=O) groups excluding carboxylic acids is 6. The van der Waals surface area contributed by atoms with Crippen LogP contribution in [-0.2, 0) is 28.8 Å². The second kappa shape index (κ2) is 14.8. The molecule has 0 aliphatic rings. The van der Waals surface area contributed by atoms with E-state index in [-0.39, 0.29) is 25.8 Å². The molecule has 0 rings (SSSR count). The highest BCUT2D eigenvalue weighted by Gasteiger charge is 2.21. The van der Waals surface area contributed by atoms with E-state index in [1.165, 1.54) is 6.92 Å². The van der Waals surface area contributed by atoms with Gasteiger partial charge in [0.2, 0.25) is 29.5 Å². The molecule has 0 radical (unpaired) electrons. The summed E-state index contributed by atoms with van der Waals surface area (Å²) in [7, 11) is 0. The normalized spacial score (nSPS) is 14.4. The van der Waals surface area contributed by atoms with Gasteiger partial charge in [-0.3, -0.25) is 24.0 Å². The summed E-state index contributed by atoms with van der Waals surface area (Å²) in [5, 5.41) is 7.43. The van der Waals surface area contributed by atoms with Crippen molar-refractivity contribution in [3.8, 4) is 0 Å². The molecule has 0 heterocycles. The van der Waals surface area contributed by atoms with Gasteiger partial charge in [0, 0.05) is 13.0 Å². The van der Waals surface area contributed by atoms with E-state index in [4.69, 9.17) is 22.9 Å². The van der Waals surface area contributed by atoms with Gasteiger partial charge in [-0.05, 0) is 32.6 Å². The van der Waals surface area contributed by atoms with E-state index >= 15 is 0 Å². The van der Waals surface area contributed by atoms with Gasteiger partial charge in [0.15, 0.2) is 0 Å². The molecule has 0 saturated heterocycles. The first kappa shape index (κ1) is 27.9. The van der Waals surface area contributed by atoms with E-state index in [0.717, 1.165) is 0 Å². The Bertz CT molecular complexity index is 655. The van der Waals surface area contributed by atoms with Crippen LogP contribution in [0.2, 0.25) is 0 Å². The second-order valence-electron chi connectivity index (χ2n) is 7.16. The lowest BCUT2D eigenvalue weighted by Crippen LogP contribution is -2.50. The van der Waals surface area contributed by atoms with Crippen LogP contribution in [0.15, 0.2) is 0 Å². The third-order valence-electron chi connectivity index (χ3n) is 4.24. The number of hydrogen-bond acceptors (Lipinski definition) is 8. The Balaban J connectivity index is 4.25. The first-order valence-corrected chi connectivity index (χ1v) is 9.89. The van der Waals surface area contributed by atoms with Gasteiger partial charge >= 0.3 is 0 Å². The van der Waals surface area contributed by atoms with Crippen molar-refractivity contribution in [2.75, 3.05) is 6.54 Å². The molecule has 4 atom stereocenters. The third kappa shape index (κ3) is 13.0. The molecule has 0 aliphatic carbocycles. The minimum Gasteiger partial charge on any atom is -0.370 e. The molecule has 0 fully saturated rings. The summed E-state index contributed by atoms with van der Waals surface area (Å²) in [4.78, 5) is 68.6. The monoisotopic (exact) mass is 443 g/mol. The predicted octanol–water partition coefficient (Wildman–Crippen LogP) is -3.74. The van der Waals surface area contributed by atoms with Gasteiger partial charge < -0.3 is 43.7 Å². The van der Waals surface area contributed by atoms with E-state index in [1.54, 1.807) is 0 Å². The highest BCUT2D eigenvalue weighted by molar-refractivity contribution is 5.89. The van der Waals surface area contributed by atoms with Gasteiger partial charge in [-0.2, -0.15) is 0 Å². The number of amides is 5. The van der Waals surface area contributed by atoms with E-state index in [1.807, 2.05) is 0 Å². The minimum absolute atomic E-state index is 0.0389. The summed E-state index contributed by atoms with van der Waals surface area (Å²) in [5.74, 6) is -3.03. The molecule has 13 nitrogen and oxygen atoms in total. The van der Waals surface area contributed by atoms with Gasteiger partial charge in [0.05, 0.1) is 24.5 Å². The van der Waals surface area contributed by atoms with Crippen LogP contribution >= 0.6 is 0 Å². The Morgan fingerprint density at radius 1 is 0.935 bits per heavy atom. The molecule has 11 N–H and O–H groups in total. The van der Waals surface area contributed by atoms with Crippen molar-refractivity contribution < 1.29 is 28.8 Å². The zero-order valence-electron chi connectivity index (χ0n) is 17.6. The summed E-state index contributed by atoms with van der Waals surface area (Å²) in [5.41, 5.74) is 21.1. The second-order valence-corrected chi connectivity index (χ2v) is 7.16. The van der Waals surface area contributed by atoms with Crippen LogP contribution in [-0.4, -0.2) is 66.5 Å². The summed E-state index contributed by atoms with van der Waals surface area (Å²) in [6, 6.07) is -3.64. The average Bonchev–Trinajstić information content (AvgIpc) is 2.68. The van der Waals surface area contributed by atoms with Crippen LogP contribution in [0.1, 0.15) is 45.4 Å². The van der Waals surface area contributed by atoms with Crippen LogP contribution in [0, 0.1) is 0 Å². The number of nitrogens with one attached hydrogen (secondary N) is 3. The standard InChI is InChI=1S/C18H33N7O6/c1-10(19)17(30)25-13(16(22)29)5-6-15(28)24-11(9-26)4-2-3-7-23-18(31)12(20)8-14(21)27/h9-13H,2-8,19-20H2,1H3,(H2,21,27)(H2,22,29)(H,23,31)(H,24,28)(H,25,30)/t10-,11-,12+,13+/m0/s1. The maximum atomic E-state index is 12.0. The Kier molecular flexibility index (Phi) is 13.4. The van der Waals surface area contributed by atoms with Gasteiger partial charge in [0.25, 0.3) is 0 Å². The molecule has 0 aromatic heterocycles. The van der Waals surface area contributed by atoms with Crippen LogP contribution in [0.4, 0.5) is 0 Å². The maximum absolute atomic E-state index is 12.0. The van der Waals surface area contributed by atoms with Gasteiger partial charge in [-0.15, -0.1) is 0 Å². The first-order chi connectivity index (χ1) is 14.5. The van der Waals surface area contributed by atoms with E-state index in [0.29, 0.717) is 25.5 Å². The van der Waals surface area contributed by atoms with Crippen molar-refractivity contribution in [3.63, 3.8) is 0 Å². The summed E-state index contributed by atoms with van der Waals surface area (Å²) >= 11 is 0. The maximum Gasteiger partial charge on any atom is 0.240 e. The highest BCUT2D eigenvalue weighted by Crippen LogP contribution is 2.02. The first-order valence-electron chi connectivity index (χ1n) is 9.89. The molecule has 0 unspecified atom stereocenters. The molecule has 176 valence electrons. The van der Waals surface area contributed by atoms with Gasteiger partial charge in [-0.1, -0.05) is 0 Å². The highest BCUT2D eigenvalue weighted by atomic mass is 16.2. The number of unbranched alkanes of at least 4 members (excludes halogenated alkanes) is 1. The van der Waals surface area contributed by atoms with Crippen LogP contribution in [0.25, 0.3) is 0 Å². The largest absolute Gasteiger partial charge is 0.370 e. The number of hydrogen-bond donors (Lipinski definition) is 7. The van der Waals surface area contributed by atoms with Crippen LogP contribution in [0.3, 0.4) is 0 Å². The Morgan fingerprint density at radius 2 is 1.58 bits per heavy atom. The van der Waals surface area contributed by atoms with Crippen molar-refractivity contribution >= 4 is 35.8 Å². The summed E-state index contributed by atoms with van der Waals surface area (Å²) in [6.45, 7) is 1.72. The van der Waals surface area contributed by atoms with Crippen molar-refractivity contribution in [1.29, 1.82) is 0 Å². The fourth-order valence-electron chi connectivity index (χ4n) is 2.46. The van der Waals surface area contributed by atoms with E-state index < -0.39 is 53.7 Å². The van der Waals surface area contributed by atoms with Crippen molar-refractivity contribution in [3.05, 3.63) is 0 Å². The number of aldehydes is 1. The summed E-state index contributed by atoms with van der Waals surface area (Å²) < 4.78 is 0. The zero-order chi connectivity index (χ0) is 24.0. The lowest BCUT2D eigenvalue weighted by Gasteiger charge is -2.18. The molecular formula is C18H33N7O6. The fourth-order valence-corrected chi connectivity index (χ4v) is 2.46. The Hall–Kier alpha value is -3.06. The molecule has 0 aromatic carbocycles. The SMILES string of the molecule is C[C@H](N)C(=O)N[C@H](CCC(=O)N[C@H](C=O)CCCCNC(=O)[C@H](N)CC(N)=O)C(N)=O. The van der Waals surface area contributed by atoms with Gasteiger partial charge in [-0.25, -0.2) is 0 Å². The number of nitrogens with two attached hydrogens (primary N) is 4. The number of rotatable bonds is 16. The van der Waals surface area contributed by atoms with Crippen LogP contribution < -0.4 is 38.9 Å². The molecular weight excluding hydrogens is 410 g/mol. The lowest BCUT2D eigenvalue weighted by molar-refractivity contribution is -0.129. The van der Waals surface area contributed by atoms with E-state index in [9.17, 15) is 28.8 Å². The average molecular weight is 444 g/mol. The Labute approximate surface area is 180 Å². The molecule has 0 saturated carbocycles. The minimum atomic E-state index is -1.05. The molecule has 0 aliphatic heterocycles. The molecule has 0 aromatic rings. The predicted molar refractivity (Wildman–Crippen MR) is 111 cm³/mol. The van der Waals surface area contributed by atoms with Gasteiger partial charge in [0.1, 0.15) is 12.3 Å². The van der Waals surface area contributed by atoms with Crippen LogP contribution in [0.5, 0.6) is 0 Å². The number of carbonyl (C=O) groups is 6. The summed E-state index contributed by atoms with van der Waals surface area (Å²) in [6.07, 6.45) is 1.53. The lowest BCUT2D eigenvalue weighted by atomic mass is 10.1. The molecule has 0 bridgehead atoms. The van der Waals surface area contributed by atoms with Crippen molar-refractivity contribution in [2.45, 2.75) is 69.6 Å². The fraction of sp³-hybridized carbons (Fsp3) is 0.667. The smallest absolute Gasteiger partial charge is 0.240 e. The molecule has 0 spiro atoms. The molecule has 13 heteroatoms. The molecule has 31 heavy (non-hydrogen) atoms. The van der Waals surface area contributed by atoms with Crippen molar-refractivity contribution in [1.82, 2.24) is 16.0 Å². The third-order valence-corrected chi connectivity index (χ3v) is 4.24. The zero-order valence-corrected chi connectivity index (χ0v) is 17.6. The Morgan fingerprint density at radius 3 is 2.10 bits per heavy atom.